The molecule has 0 radical (unpaired) electrons. The molecule has 0 saturated heterocycles. The molecule has 2 aromatic carbocycles. The first-order valence-electron chi connectivity index (χ1n) is 9.99. The Labute approximate surface area is 179 Å². The summed E-state index contributed by atoms with van der Waals surface area (Å²) in [6.45, 7) is 0. The van der Waals surface area contributed by atoms with E-state index in [0.29, 0.717) is 11.3 Å². The molecule has 0 unspecified atom stereocenters. The molecule has 1 aliphatic carbocycles. The van der Waals surface area contributed by atoms with Crippen LogP contribution in [0.15, 0.2) is 70.7 Å². The predicted octanol–water partition coefficient (Wildman–Crippen LogP) is 4.58. The van der Waals surface area contributed by atoms with Crippen LogP contribution in [0.5, 0.6) is 0 Å². The molecule has 1 saturated carbocycles. The number of halogens is 1. The molecule has 4 N–H and O–H groups in total. The number of aliphatic hydroxyl groups excluding tert-OH is 1. The number of anilines is 1. The van der Waals surface area contributed by atoms with Gasteiger partial charge in [-0.3, -0.25) is 4.79 Å². The lowest BCUT2D eigenvalue weighted by Crippen LogP contribution is -2.29. The summed E-state index contributed by atoms with van der Waals surface area (Å²) in [7, 11) is 0. The van der Waals surface area contributed by atoms with Gasteiger partial charge in [-0.05, 0) is 80.3 Å². The third-order valence-corrected chi connectivity index (χ3v) is 6.40. The fraction of sp³-hybridized carbons (Fsp3) is 0.261. The van der Waals surface area contributed by atoms with Crippen molar-refractivity contribution >= 4 is 23.4 Å². The van der Waals surface area contributed by atoms with Gasteiger partial charge in [0, 0.05) is 28.5 Å². The van der Waals surface area contributed by atoms with Crippen LogP contribution >= 0.6 is 11.8 Å². The van der Waals surface area contributed by atoms with Gasteiger partial charge in [-0.1, -0.05) is 11.8 Å². The molecule has 1 aromatic heterocycles. The first kappa shape index (κ1) is 20.5. The third-order valence-electron chi connectivity index (χ3n) is 5.35. The van der Waals surface area contributed by atoms with Crippen LogP contribution in [-0.2, 0) is 0 Å². The maximum absolute atomic E-state index is 13.2. The normalized spacial score (nSPS) is 18.9. The topological polar surface area (TPSA) is 80.3 Å². The number of carbonyl (C=O) groups is 1. The number of carbonyl (C=O) groups excluding carboxylic acids is 1. The average molecular weight is 426 g/mol. The number of primary amides is 1. The van der Waals surface area contributed by atoms with Crippen LogP contribution in [0.25, 0.3) is 5.69 Å². The number of nitrogens with zero attached hydrogens (tertiary/aromatic N) is 1. The van der Waals surface area contributed by atoms with Crippen LogP contribution in [0.2, 0.25) is 0 Å². The molecule has 30 heavy (non-hydrogen) atoms. The molecule has 5 nitrogen and oxygen atoms in total. The number of aliphatic hydroxyl groups is 1. The maximum atomic E-state index is 13.2. The fourth-order valence-electron chi connectivity index (χ4n) is 3.74. The van der Waals surface area contributed by atoms with Gasteiger partial charge in [0.05, 0.1) is 16.7 Å². The Bertz CT molecular complexity index is 1030. The van der Waals surface area contributed by atoms with Crippen LogP contribution < -0.4 is 11.1 Å². The monoisotopic (exact) mass is 425 g/mol. The Morgan fingerprint density at radius 1 is 1.10 bits per heavy atom. The first-order valence-corrected chi connectivity index (χ1v) is 10.8. The lowest BCUT2D eigenvalue weighted by atomic mass is 9.92. The van der Waals surface area contributed by atoms with Crippen molar-refractivity contribution in [2.24, 2.45) is 5.73 Å². The van der Waals surface area contributed by atoms with Crippen molar-refractivity contribution in [1.82, 2.24) is 4.57 Å². The van der Waals surface area contributed by atoms with Crippen LogP contribution in [0.3, 0.4) is 0 Å². The van der Waals surface area contributed by atoms with E-state index in [1.165, 1.54) is 23.9 Å². The van der Waals surface area contributed by atoms with Gasteiger partial charge in [-0.2, -0.15) is 0 Å². The van der Waals surface area contributed by atoms with Crippen molar-refractivity contribution in [3.8, 4) is 5.69 Å². The van der Waals surface area contributed by atoms with Gasteiger partial charge in [0.2, 0.25) is 0 Å². The molecule has 0 aliphatic heterocycles. The molecular weight excluding hydrogens is 401 g/mol. The van der Waals surface area contributed by atoms with Crippen molar-refractivity contribution in [3.63, 3.8) is 0 Å². The van der Waals surface area contributed by atoms with Gasteiger partial charge in [0.25, 0.3) is 5.91 Å². The highest BCUT2D eigenvalue weighted by Crippen LogP contribution is 2.32. The molecule has 1 heterocycles. The highest BCUT2D eigenvalue weighted by molar-refractivity contribution is 7.99. The minimum Gasteiger partial charge on any atom is -0.393 e. The summed E-state index contributed by atoms with van der Waals surface area (Å²) < 4.78 is 15.2. The molecule has 1 amide bonds. The molecule has 0 atom stereocenters. The summed E-state index contributed by atoms with van der Waals surface area (Å²) in [6.07, 6.45) is 4.90. The van der Waals surface area contributed by atoms with E-state index in [-0.39, 0.29) is 18.0 Å². The quantitative estimate of drug-likeness (QED) is 0.540. The zero-order valence-corrected chi connectivity index (χ0v) is 17.2. The number of amides is 1. The number of nitrogens with one attached hydrogen (secondary N) is 1. The maximum Gasteiger partial charge on any atom is 0.250 e. The van der Waals surface area contributed by atoms with Crippen molar-refractivity contribution < 1.29 is 14.3 Å². The average Bonchev–Trinajstić information content (AvgIpc) is 3.19. The number of benzene rings is 2. The van der Waals surface area contributed by atoms with Crippen LogP contribution in [-0.4, -0.2) is 27.7 Å². The zero-order valence-electron chi connectivity index (χ0n) is 16.4. The zero-order chi connectivity index (χ0) is 21.1. The van der Waals surface area contributed by atoms with E-state index in [2.05, 4.69) is 5.32 Å². The lowest BCUT2D eigenvalue weighted by Gasteiger charge is -2.28. The highest BCUT2D eigenvalue weighted by Gasteiger charge is 2.21. The minimum absolute atomic E-state index is 0.194. The van der Waals surface area contributed by atoms with Crippen LogP contribution in [0, 0.1) is 5.82 Å². The second-order valence-electron chi connectivity index (χ2n) is 7.52. The van der Waals surface area contributed by atoms with Gasteiger partial charge in [-0.15, -0.1) is 0 Å². The van der Waals surface area contributed by atoms with Gasteiger partial charge in [0.1, 0.15) is 5.82 Å². The van der Waals surface area contributed by atoms with Gasteiger partial charge in [-0.25, -0.2) is 4.39 Å². The van der Waals surface area contributed by atoms with Crippen molar-refractivity contribution in [3.05, 3.63) is 72.2 Å². The number of rotatable bonds is 6. The standard InChI is InChI=1S/C23H24FN3O2S/c24-15-3-10-19(11-4-15)30-22-2-1-13-27(22)17-7-12-20(23(25)29)21(14-17)26-16-5-8-18(28)9-6-16/h1-4,7,10-14,16,18,26,28H,5-6,8-9H2,(H2,25,29). The lowest BCUT2D eigenvalue weighted by molar-refractivity contribution is 0.100. The van der Waals surface area contributed by atoms with E-state index < -0.39 is 5.91 Å². The fourth-order valence-corrected chi connectivity index (χ4v) is 4.67. The molecule has 1 fully saturated rings. The first-order chi connectivity index (χ1) is 14.5. The largest absolute Gasteiger partial charge is 0.393 e. The summed E-state index contributed by atoms with van der Waals surface area (Å²) in [6, 6.07) is 16.1. The second-order valence-corrected chi connectivity index (χ2v) is 8.61. The number of nitrogens with two attached hydrogens (primary N) is 1. The predicted molar refractivity (Wildman–Crippen MR) is 117 cm³/mol. The summed E-state index contributed by atoms with van der Waals surface area (Å²) in [4.78, 5) is 12.9. The SMILES string of the molecule is NC(=O)c1ccc(-n2cccc2Sc2ccc(F)cc2)cc1NC1CCC(O)CC1. The van der Waals surface area contributed by atoms with E-state index in [1.807, 2.05) is 35.0 Å². The molecule has 1 aliphatic rings. The number of hydrogen-bond acceptors (Lipinski definition) is 4. The third kappa shape index (κ3) is 4.68. The van der Waals surface area contributed by atoms with Gasteiger partial charge in [0.15, 0.2) is 0 Å². The van der Waals surface area contributed by atoms with E-state index in [9.17, 15) is 14.3 Å². The molecule has 0 bridgehead atoms. The van der Waals surface area contributed by atoms with E-state index in [0.717, 1.165) is 41.3 Å². The molecule has 7 heteroatoms. The highest BCUT2D eigenvalue weighted by atomic mass is 32.2. The summed E-state index contributed by atoms with van der Waals surface area (Å²) in [5.41, 5.74) is 7.64. The van der Waals surface area contributed by atoms with Crippen molar-refractivity contribution in [2.75, 3.05) is 5.32 Å². The number of hydrogen-bond donors (Lipinski definition) is 3. The second kappa shape index (κ2) is 8.93. The molecule has 4 rings (SSSR count). The number of aromatic nitrogens is 1. The Morgan fingerprint density at radius 2 is 1.83 bits per heavy atom. The Hall–Kier alpha value is -2.77. The van der Waals surface area contributed by atoms with E-state index in [4.69, 9.17) is 5.73 Å². The Morgan fingerprint density at radius 3 is 2.53 bits per heavy atom. The van der Waals surface area contributed by atoms with Gasteiger partial charge >= 0.3 is 0 Å². The molecule has 156 valence electrons. The molecular formula is C23H24FN3O2S. The van der Waals surface area contributed by atoms with Crippen LogP contribution in [0.1, 0.15) is 36.0 Å². The van der Waals surface area contributed by atoms with E-state index >= 15 is 0 Å². The van der Waals surface area contributed by atoms with Crippen LogP contribution in [0.4, 0.5) is 10.1 Å². The summed E-state index contributed by atoms with van der Waals surface area (Å²) in [5.74, 6) is -0.740. The minimum atomic E-state index is -0.478. The van der Waals surface area contributed by atoms with Crippen molar-refractivity contribution in [2.45, 2.75) is 47.8 Å². The summed E-state index contributed by atoms with van der Waals surface area (Å²) >= 11 is 1.53. The molecule has 0 spiro atoms. The Balaban J connectivity index is 1.61. The van der Waals surface area contributed by atoms with Gasteiger partial charge < -0.3 is 20.7 Å². The smallest absolute Gasteiger partial charge is 0.250 e. The molecule has 3 aromatic rings. The Kier molecular flexibility index (Phi) is 6.11. The van der Waals surface area contributed by atoms with Crippen molar-refractivity contribution in [1.29, 1.82) is 0 Å². The van der Waals surface area contributed by atoms with E-state index in [1.54, 1.807) is 18.2 Å². The summed E-state index contributed by atoms with van der Waals surface area (Å²) in [5, 5.41) is 14.2.